The van der Waals surface area contributed by atoms with Crippen LogP contribution in [0, 0.1) is 10.1 Å². The number of hydrogen-bond donors (Lipinski definition) is 1. The Kier molecular flexibility index (Phi) is 3.80. The molecule has 2 aromatic carbocycles. The first-order valence-electron chi connectivity index (χ1n) is 6.03. The van der Waals surface area contributed by atoms with Crippen LogP contribution in [0.3, 0.4) is 0 Å². The molecule has 0 aromatic heterocycles. The Morgan fingerprint density at radius 2 is 1.71 bits per heavy atom. The first-order valence-corrected chi connectivity index (χ1v) is 6.03. The molecule has 6 heteroatoms. The summed E-state index contributed by atoms with van der Waals surface area (Å²) in [5, 5.41) is 20.0. The van der Waals surface area contributed by atoms with E-state index in [0.717, 1.165) is 6.07 Å². The van der Waals surface area contributed by atoms with Crippen molar-refractivity contribution in [2.24, 2.45) is 0 Å². The monoisotopic (exact) mass is 285 g/mol. The molecule has 6 nitrogen and oxygen atoms in total. The van der Waals surface area contributed by atoms with E-state index in [1.807, 2.05) is 0 Å². The fourth-order valence-electron chi connectivity index (χ4n) is 1.96. The standard InChI is InChI=1S/C15H11NO5/c1-9(17)10-2-4-11(5-3-10)14-8-12(16(20)21)6-7-13(14)15(18)19/h2-8H,1H3,(H,18,19). The molecule has 0 unspecified atom stereocenters. The fraction of sp³-hybridized carbons (Fsp3) is 0.0667. The number of ketones is 1. The number of nitro benzene ring substituents is 1. The van der Waals surface area contributed by atoms with Crippen molar-refractivity contribution in [1.82, 2.24) is 0 Å². The first kappa shape index (κ1) is 14.4. The quantitative estimate of drug-likeness (QED) is 0.528. The van der Waals surface area contributed by atoms with E-state index in [1.165, 1.54) is 19.1 Å². The highest BCUT2D eigenvalue weighted by atomic mass is 16.6. The molecule has 0 saturated carbocycles. The third-order valence-corrected chi connectivity index (χ3v) is 3.05. The van der Waals surface area contributed by atoms with Gasteiger partial charge in [0.25, 0.3) is 5.69 Å². The van der Waals surface area contributed by atoms with Crippen LogP contribution in [-0.2, 0) is 0 Å². The minimum Gasteiger partial charge on any atom is -0.478 e. The number of nitro groups is 1. The predicted octanol–water partition coefficient (Wildman–Crippen LogP) is 3.16. The number of rotatable bonds is 4. The summed E-state index contributed by atoms with van der Waals surface area (Å²) < 4.78 is 0. The average molecular weight is 285 g/mol. The van der Waals surface area contributed by atoms with Gasteiger partial charge in [-0.25, -0.2) is 4.79 Å². The van der Waals surface area contributed by atoms with Gasteiger partial charge < -0.3 is 5.11 Å². The number of carbonyl (C=O) groups is 2. The van der Waals surface area contributed by atoms with Crippen molar-refractivity contribution in [3.05, 3.63) is 63.7 Å². The van der Waals surface area contributed by atoms with Crippen LogP contribution in [0.2, 0.25) is 0 Å². The molecule has 2 aromatic rings. The molecule has 0 fully saturated rings. The van der Waals surface area contributed by atoms with Crippen molar-refractivity contribution < 1.29 is 19.6 Å². The van der Waals surface area contributed by atoms with Crippen molar-refractivity contribution in [2.75, 3.05) is 0 Å². The molecular formula is C15H11NO5. The van der Waals surface area contributed by atoms with E-state index in [4.69, 9.17) is 0 Å². The van der Waals surface area contributed by atoms with Crippen LogP contribution in [-0.4, -0.2) is 21.8 Å². The van der Waals surface area contributed by atoms with E-state index in [0.29, 0.717) is 11.1 Å². The van der Waals surface area contributed by atoms with Crippen molar-refractivity contribution in [3.63, 3.8) is 0 Å². The average Bonchev–Trinajstić information content (AvgIpc) is 2.46. The Bertz CT molecular complexity index is 734. The van der Waals surface area contributed by atoms with E-state index in [1.54, 1.807) is 24.3 Å². The molecule has 106 valence electrons. The molecule has 21 heavy (non-hydrogen) atoms. The van der Waals surface area contributed by atoms with Crippen LogP contribution >= 0.6 is 0 Å². The number of nitrogens with zero attached hydrogens (tertiary/aromatic N) is 1. The smallest absolute Gasteiger partial charge is 0.336 e. The lowest BCUT2D eigenvalue weighted by molar-refractivity contribution is -0.384. The maximum atomic E-state index is 11.2. The van der Waals surface area contributed by atoms with E-state index < -0.39 is 10.9 Å². The largest absolute Gasteiger partial charge is 0.478 e. The Morgan fingerprint density at radius 3 is 2.19 bits per heavy atom. The van der Waals surface area contributed by atoms with Gasteiger partial charge in [-0.2, -0.15) is 0 Å². The van der Waals surface area contributed by atoms with E-state index in [2.05, 4.69) is 0 Å². The number of hydrogen-bond acceptors (Lipinski definition) is 4. The summed E-state index contributed by atoms with van der Waals surface area (Å²) in [7, 11) is 0. The summed E-state index contributed by atoms with van der Waals surface area (Å²) in [5.74, 6) is -1.28. The Hall–Kier alpha value is -3.02. The molecule has 0 saturated heterocycles. The minimum atomic E-state index is -1.17. The summed E-state index contributed by atoms with van der Waals surface area (Å²) in [6.45, 7) is 1.42. The van der Waals surface area contributed by atoms with Crippen LogP contribution < -0.4 is 0 Å². The maximum absolute atomic E-state index is 11.2. The lowest BCUT2D eigenvalue weighted by Crippen LogP contribution is -2.01. The van der Waals surface area contributed by atoms with Crippen LogP contribution in [0.5, 0.6) is 0 Å². The third-order valence-electron chi connectivity index (χ3n) is 3.05. The second kappa shape index (κ2) is 5.54. The van der Waals surface area contributed by atoms with Gasteiger partial charge in [-0.1, -0.05) is 24.3 Å². The van der Waals surface area contributed by atoms with E-state index in [-0.39, 0.29) is 22.6 Å². The number of carboxylic acid groups (broad SMARTS) is 1. The zero-order valence-corrected chi connectivity index (χ0v) is 11.1. The molecule has 0 atom stereocenters. The molecule has 2 rings (SSSR count). The van der Waals surface area contributed by atoms with Crippen molar-refractivity contribution in [1.29, 1.82) is 0 Å². The SMILES string of the molecule is CC(=O)c1ccc(-c2cc([N+](=O)[O-])ccc2C(=O)O)cc1. The Labute approximate surface area is 119 Å². The first-order chi connectivity index (χ1) is 9.90. The number of non-ortho nitro benzene ring substituents is 1. The summed E-state index contributed by atoms with van der Waals surface area (Å²) in [4.78, 5) is 32.7. The fourth-order valence-corrected chi connectivity index (χ4v) is 1.96. The summed E-state index contributed by atoms with van der Waals surface area (Å²) in [5.41, 5.74) is 1.01. The molecule has 0 spiro atoms. The van der Waals surface area contributed by atoms with Crippen molar-refractivity contribution >= 4 is 17.4 Å². The van der Waals surface area contributed by atoms with Crippen molar-refractivity contribution in [3.8, 4) is 11.1 Å². The van der Waals surface area contributed by atoms with Gasteiger partial charge in [0.1, 0.15) is 0 Å². The van der Waals surface area contributed by atoms with Crippen LogP contribution in [0.25, 0.3) is 11.1 Å². The lowest BCUT2D eigenvalue weighted by Gasteiger charge is -2.07. The van der Waals surface area contributed by atoms with Crippen molar-refractivity contribution in [2.45, 2.75) is 6.92 Å². The van der Waals surface area contributed by atoms with Crippen LogP contribution in [0.15, 0.2) is 42.5 Å². The van der Waals surface area contributed by atoms with Gasteiger partial charge >= 0.3 is 5.97 Å². The summed E-state index contributed by atoms with van der Waals surface area (Å²) in [6.07, 6.45) is 0. The minimum absolute atomic E-state index is 0.0313. The molecule has 0 heterocycles. The second-order valence-electron chi connectivity index (χ2n) is 4.43. The molecule has 0 radical (unpaired) electrons. The Balaban J connectivity index is 2.59. The molecule has 1 N–H and O–H groups in total. The number of carbonyl (C=O) groups excluding carboxylic acids is 1. The summed E-state index contributed by atoms with van der Waals surface area (Å²) in [6, 6.07) is 9.83. The lowest BCUT2D eigenvalue weighted by atomic mass is 9.97. The highest BCUT2D eigenvalue weighted by Gasteiger charge is 2.16. The zero-order chi connectivity index (χ0) is 15.6. The van der Waals surface area contributed by atoms with Gasteiger partial charge in [0, 0.05) is 23.3 Å². The molecule has 0 amide bonds. The molecule has 0 bridgehead atoms. The normalized spacial score (nSPS) is 10.1. The third kappa shape index (κ3) is 2.94. The Morgan fingerprint density at radius 1 is 1.10 bits per heavy atom. The number of Topliss-reactive ketones (excluding diaryl/α,β-unsaturated/α-hetero) is 1. The number of carboxylic acids is 1. The number of benzene rings is 2. The molecular weight excluding hydrogens is 274 g/mol. The van der Waals surface area contributed by atoms with Gasteiger partial charge in [-0.3, -0.25) is 14.9 Å². The van der Waals surface area contributed by atoms with Gasteiger partial charge in [0.15, 0.2) is 5.78 Å². The van der Waals surface area contributed by atoms with E-state index in [9.17, 15) is 24.8 Å². The van der Waals surface area contributed by atoms with Gasteiger partial charge in [0.2, 0.25) is 0 Å². The van der Waals surface area contributed by atoms with Gasteiger partial charge in [-0.15, -0.1) is 0 Å². The maximum Gasteiger partial charge on any atom is 0.336 e. The van der Waals surface area contributed by atoms with Crippen LogP contribution in [0.4, 0.5) is 5.69 Å². The molecule has 0 aliphatic rings. The second-order valence-corrected chi connectivity index (χ2v) is 4.43. The van der Waals surface area contributed by atoms with E-state index >= 15 is 0 Å². The highest BCUT2D eigenvalue weighted by molar-refractivity contribution is 5.98. The molecule has 0 aliphatic heterocycles. The molecule has 0 aliphatic carbocycles. The van der Waals surface area contributed by atoms with Crippen LogP contribution in [0.1, 0.15) is 27.6 Å². The van der Waals surface area contributed by atoms with Gasteiger partial charge in [-0.05, 0) is 18.6 Å². The topological polar surface area (TPSA) is 97.5 Å². The highest BCUT2D eigenvalue weighted by Crippen LogP contribution is 2.28. The summed E-state index contributed by atoms with van der Waals surface area (Å²) >= 11 is 0. The predicted molar refractivity (Wildman–Crippen MR) is 75.5 cm³/mol. The zero-order valence-electron chi connectivity index (χ0n) is 11.1. The van der Waals surface area contributed by atoms with Gasteiger partial charge in [0.05, 0.1) is 10.5 Å². The number of aromatic carboxylic acids is 1.